The molecule has 1 N–H and O–H groups in total. The maximum Gasteiger partial charge on any atom is 0.262 e. The smallest absolute Gasteiger partial charge is 0.262 e. The van der Waals surface area contributed by atoms with Gasteiger partial charge in [0.25, 0.3) is 5.92 Å². The molecule has 2 fully saturated rings. The molecule has 0 bridgehead atoms. The minimum absolute atomic E-state index is 0.0665. The van der Waals surface area contributed by atoms with Crippen molar-refractivity contribution in [2.45, 2.75) is 31.7 Å². The first-order valence-electron chi connectivity index (χ1n) is 7.98. The van der Waals surface area contributed by atoms with Gasteiger partial charge in [0.15, 0.2) is 0 Å². The molecule has 1 aromatic rings. The van der Waals surface area contributed by atoms with Crippen LogP contribution in [0.3, 0.4) is 0 Å². The zero-order chi connectivity index (χ0) is 16.4. The predicted octanol–water partition coefficient (Wildman–Crippen LogP) is 1.74. The van der Waals surface area contributed by atoms with Gasteiger partial charge in [-0.1, -0.05) is 6.07 Å². The van der Waals surface area contributed by atoms with Gasteiger partial charge in [-0.15, -0.1) is 0 Å². The van der Waals surface area contributed by atoms with Crippen LogP contribution in [-0.4, -0.2) is 65.4 Å². The first-order chi connectivity index (χ1) is 10.9. The highest BCUT2D eigenvalue weighted by molar-refractivity contribution is 5.89. The highest BCUT2D eigenvalue weighted by Crippen LogP contribution is 2.33. The van der Waals surface area contributed by atoms with Crippen molar-refractivity contribution in [3.63, 3.8) is 0 Å². The number of nitrogens with one attached hydrogen (secondary N) is 1. The fourth-order valence-corrected chi connectivity index (χ4v) is 3.28. The van der Waals surface area contributed by atoms with Crippen LogP contribution in [0, 0.1) is 6.92 Å². The van der Waals surface area contributed by atoms with Gasteiger partial charge in [0.05, 0.1) is 6.54 Å². The Morgan fingerprint density at radius 1 is 1.43 bits per heavy atom. The van der Waals surface area contributed by atoms with E-state index in [1.165, 1.54) is 0 Å². The standard InChI is InChI=1S/C16H22F2N4O/c1-12-2-3-14(19-9-12)20-15(23)4-5-21-6-7-22-11-16(17,18)8-13(22)10-21/h2-3,9,13H,4-8,10-11H2,1H3,(H,19,20,23)/t13-/m0/s1. The number of piperazine rings is 1. The number of aryl methyl sites for hydroxylation is 1. The molecule has 1 aromatic heterocycles. The van der Waals surface area contributed by atoms with Gasteiger partial charge in [-0.05, 0) is 18.6 Å². The van der Waals surface area contributed by atoms with Crippen LogP contribution in [-0.2, 0) is 4.79 Å². The van der Waals surface area contributed by atoms with Crippen LogP contribution < -0.4 is 5.32 Å². The maximum atomic E-state index is 13.4. The number of halogens is 2. The Bertz CT molecular complexity index is 564. The number of hydrogen-bond acceptors (Lipinski definition) is 4. The summed E-state index contributed by atoms with van der Waals surface area (Å²) in [5.41, 5.74) is 1.04. The number of nitrogens with zero attached hydrogens (tertiary/aromatic N) is 3. The van der Waals surface area contributed by atoms with Gasteiger partial charge in [0.1, 0.15) is 5.82 Å². The van der Waals surface area contributed by atoms with Crippen molar-refractivity contribution < 1.29 is 13.6 Å². The van der Waals surface area contributed by atoms with E-state index in [1.54, 1.807) is 12.3 Å². The van der Waals surface area contributed by atoms with Crippen LogP contribution in [0.25, 0.3) is 0 Å². The maximum absolute atomic E-state index is 13.4. The summed E-state index contributed by atoms with van der Waals surface area (Å²) in [6.45, 7) is 4.42. The summed E-state index contributed by atoms with van der Waals surface area (Å²) in [6, 6.07) is 3.58. The van der Waals surface area contributed by atoms with E-state index < -0.39 is 5.92 Å². The van der Waals surface area contributed by atoms with Gasteiger partial charge in [-0.2, -0.15) is 0 Å². The molecule has 2 saturated heterocycles. The third-order valence-corrected chi connectivity index (χ3v) is 4.49. The number of alkyl halides is 2. The molecule has 0 spiro atoms. The first kappa shape index (κ1) is 16.3. The lowest BCUT2D eigenvalue weighted by Gasteiger charge is -2.36. The van der Waals surface area contributed by atoms with Crippen molar-refractivity contribution in [3.05, 3.63) is 23.9 Å². The monoisotopic (exact) mass is 324 g/mol. The number of rotatable bonds is 4. The zero-order valence-electron chi connectivity index (χ0n) is 13.3. The lowest BCUT2D eigenvalue weighted by Crippen LogP contribution is -2.50. The summed E-state index contributed by atoms with van der Waals surface area (Å²) in [7, 11) is 0. The van der Waals surface area contributed by atoms with Gasteiger partial charge in [-0.3, -0.25) is 14.6 Å². The Kier molecular flexibility index (Phi) is 4.59. The number of amides is 1. The number of pyridine rings is 1. The first-order valence-corrected chi connectivity index (χ1v) is 7.98. The molecule has 0 unspecified atom stereocenters. The highest BCUT2D eigenvalue weighted by atomic mass is 19.3. The average molecular weight is 324 g/mol. The predicted molar refractivity (Wildman–Crippen MR) is 83.6 cm³/mol. The van der Waals surface area contributed by atoms with Crippen molar-refractivity contribution in [1.82, 2.24) is 14.8 Å². The van der Waals surface area contributed by atoms with Gasteiger partial charge >= 0.3 is 0 Å². The number of anilines is 1. The Hall–Kier alpha value is -1.60. The van der Waals surface area contributed by atoms with E-state index in [0.29, 0.717) is 31.9 Å². The molecule has 0 saturated carbocycles. The molecule has 23 heavy (non-hydrogen) atoms. The molecule has 5 nitrogen and oxygen atoms in total. The van der Waals surface area contributed by atoms with E-state index in [1.807, 2.05) is 17.9 Å². The van der Waals surface area contributed by atoms with Crippen molar-refractivity contribution in [2.24, 2.45) is 0 Å². The summed E-state index contributed by atoms with van der Waals surface area (Å²) in [5, 5.41) is 2.76. The second kappa shape index (κ2) is 6.49. The van der Waals surface area contributed by atoms with Gasteiger partial charge in [-0.25, -0.2) is 13.8 Å². The van der Waals surface area contributed by atoms with E-state index in [-0.39, 0.29) is 24.9 Å². The Balaban J connectivity index is 1.44. The molecule has 0 aromatic carbocycles. The molecule has 2 aliphatic heterocycles. The van der Waals surface area contributed by atoms with E-state index in [2.05, 4.69) is 15.2 Å². The summed E-state index contributed by atoms with van der Waals surface area (Å²) < 4.78 is 26.9. The lowest BCUT2D eigenvalue weighted by atomic mass is 10.1. The van der Waals surface area contributed by atoms with Crippen LogP contribution >= 0.6 is 0 Å². The molecular weight excluding hydrogens is 302 g/mol. The van der Waals surface area contributed by atoms with Crippen LogP contribution in [0.5, 0.6) is 0 Å². The SMILES string of the molecule is Cc1ccc(NC(=O)CCN2CCN3CC(F)(F)C[C@H]3C2)nc1. The van der Waals surface area contributed by atoms with Crippen molar-refractivity contribution in [2.75, 3.05) is 38.0 Å². The largest absolute Gasteiger partial charge is 0.311 e. The summed E-state index contributed by atoms with van der Waals surface area (Å²) in [6.07, 6.45) is 1.98. The third kappa shape index (κ3) is 4.23. The van der Waals surface area contributed by atoms with Crippen LogP contribution in [0.15, 0.2) is 18.3 Å². The fourth-order valence-electron chi connectivity index (χ4n) is 3.28. The van der Waals surface area contributed by atoms with Crippen molar-refractivity contribution in [1.29, 1.82) is 0 Å². The van der Waals surface area contributed by atoms with Crippen molar-refractivity contribution in [3.8, 4) is 0 Å². The molecule has 7 heteroatoms. The van der Waals surface area contributed by atoms with Gasteiger partial charge in [0.2, 0.25) is 5.91 Å². The molecular formula is C16H22F2N4O. The molecule has 126 valence electrons. The van der Waals surface area contributed by atoms with Gasteiger partial charge < -0.3 is 5.32 Å². The second-order valence-electron chi connectivity index (χ2n) is 6.50. The third-order valence-electron chi connectivity index (χ3n) is 4.49. The Labute approximate surface area is 134 Å². The number of fused-ring (bicyclic) bond motifs is 1. The molecule has 1 atom stereocenters. The lowest BCUT2D eigenvalue weighted by molar-refractivity contribution is -0.116. The molecule has 3 heterocycles. The molecule has 3 rings (SSSR count). The number of aromatic nitrogens is 1. The van der Waals surface area contributed by atoms with E-state index >= 15 is 0 Å². The Morgan fingerprint density at radius 2 is 2.26 bits per heavy atom. The van der Waals surface area contributed by atoms with Crippen LogP contribution in [0.1, 0.15) is 18.4 Å². The average Bonchev–Trinajstić information content (AvgIpc) is 2.80. The van der Waals surface area contributed by atoms with E-state index in [9.17, 15) is 13.6 Å². The quantitative estimate of drug-likeness (QED) is 0.917. The minimum atomic E-state index is -2.56. The normalized spacial score (nSPS) is 24.4. The zero-order valence-corrected chi connectivity index (χ0v) is 13.3. The highest BCUT2D eigenvalue weighted by Gasteiger charge is 2.46. The minimum Gasteiger partial charge on any atom is -0.311 e. The topological polar surface area (TPSA) is 48.5 Å². The molecule has 2 aliphatic rings. The number of hydrogen-bond donors (Lipinski definition) is 1. The fraction of sp³-hybridized carbons (Fsp3) is 0.625. The Morgan fingerprint density at radius 3 is 3.00 bits per heavy atom. The molecule has 0 radical (unpaired) electrons. The summed E-state index contributed by atoms with van der Waals surface area (Å²) in [5.74, 6) is -2.11. The number of carbonyl (C=O) groups excluding carboxylic acids is 1. The summed E-state index contributed by atoms with van der Waals surface area (Å²) >= 11 is 0. The molecule has 1 amide bonds. The van der Waals surface area contributed by atoms with Gasteiger partial charge in [0, 0.05) is 51.3 Å². The van der Waals surface area contributed by atoms with Crippen molar-refractivity contribution >= 4 is 11.7 Å². The van der Waals surface area contributed by atoms with Crippen LogP contribution in [0.4, 0.5) is 14.6 Å². The summed E-state index contributed by atoms with van der Waals surface area (Å²) in [4.78, 5) is 20.1. The van der Waals surface area contributed by atoms with E-state index in [4.69, 9.17) is 0 Å². The van der Waals surface area contributed by atoms with E-state index in [0.717, 1.165) is 12.1 Å². The van der Waals surface area contributed by atoms with Crippen LogP contribution in [0.2, 0.25) is 0 Å². The number of carbonyl (C=O) groups is 1. The molecule has 0 aliphatic carbocycles. The second-order valence-corrected chi connectivity index (χ2v) is 6.50.